The zero-order valence-electron chi connectivity index (χ0n) is 15.7. The highest BCUT2D eigenvalue weighted by Crippen LogP contribution is 2.17. The van der Waals surface area contributed by atoms with Crippen LogP contribution in [0.1, 0.15) is 49.3 Å². The number of carbonyl (C=O) groups is 1. The molecule has 1 aliphatic rings. The number of anilines is 1. The number of unbranched alkanes of at least 4 members (excludes halogenated alkanes) is 1. The van der Waals surface area contributed by atoms with Gasteiger partial charge < -0.3 is 10.2 Å². The molecule has 26 heavy (non-hydrogen) atoms. The Kier molecular flexibility index (Phi) is 6.64. The number of nitrogens with one attached hydrogen (secondary N) is 1. The van der Waals surface area contributed by atoms with Crippen LogP contribution in [0.25, 0.3) is 0 Å². The quantitative estimate of drug-likeness (QED) is 0.785. The van der Waals surface area contributed by atoms with Gasteiger partial charge in [0, 0.05) is 25.8 Å². The van der Waals surface area contributed by atoms with Crippen molar-refractivity contribution in [3.63, 3.8) is 0 Å². The van der Waals surface area contributed by atoms with Crippen molar-refractivity contribution < 1.29 is 4.79 Å². The summed E-state index contributed by atoms with van der Waals surface area (Å²) in [7, 11) is 0. The highest BCUT2D eigenvalue weighted by atomic mass is 16.1. The molecule has 138 valence electrons. The fraction of sp³-hybridized carbons (Fsp3) is 0.455. The minimum absolute atomic E-state index is 0.0509. The number of pyridine rings is 1. The molecule has 2 aromatic rings. The van der Waals surface area contributed by atoms with Crippen molar-refractivity contribution in [3.05, 3.63) is 59.3 Å². The summed E-state index contributed by atoms with van der Waals surface area (Å²) in [5.74, 6) is 1.09. The van der Waals surface area contributed by atoms with E-state index in [2.05, 4.69) is 58.5 Å². The Morgan fingerprint density at radius 2 is 1.73 bits per heavy atom. The number of benzene rings is 1. The zero-order chi connectivity index (χ0) is 18.2. The van der Waals surface area contributed by atoms with Gasteiger partial charge in [-0.2, -0.15) is 0 Å². The number of hydrogen-bond donors (Lipinski definition) is 1. The largest absolute Gasteiger partial charge is 0.357 e. The summed E-state index contributed by atoms with van der Waals surface area (Å²) in [5.41, 5.74) is 3.45. The molecule has 0 aliphatic carbocycles. The Morgan fingerprint density at radius 3 is 2.38 bits per heavy atom. The molecule has 0 unspecified atom stereocenters. The van der Waals surface area contributed by atoms with Crippen LogP contribution >= 0.6 is 0 Å². The third-order valence-electron chi connectivity index (χ3n) is 4.94. The van der Waals surface area contributed by atoms with Crippen molar-refractivity contribution in [3.8, 4) is 0 Å². The minimum atomic E-state index is 0.0509. The van der Waals surface area contributed by atoms with Crippen LogP contribution in [0.15, 0.2) is 42.6 Å². The van der Waals surface area contributed by atoms with E-state index in [4.69, 9.17) is 0 Å². The predicted molar refractivity (Wildman–Crippen MR) is 106 cm³/mol. The molecular weight excluding hydrogens is 322 g/mol. The second kappa shape index (κ2) is 9.37. The van der Waals surface area contributed by atoms with E-state index in [0.717, 1.165) is 36.5 Å². The third-order valence-corrected chi connectivity index (χ3v) is 4.94. The molecule has 0 spiro atoms. The van der Waals surface area contributed by atoms with Crippen LogP contribution < -0.4 is 10.2 Å². The van der Waals surface area contributed by atoms with Crippen LogP contribution in [0.5, 0.6) is 0 Å². The van der Waals surface area contributed by atoms with Crippen molar-refractivity contribution in [2.24, 2.45) is 0 Å². The summed E-state index contributed by atoms with van der Waals surface area (Å²) >= 11 is 0. The van der Waals surface area contributed by atoms with Crippen molar-refractivity contribution in [2.45, 2.75) is 52.0 Å². The van der Waals surface area contributed by atoms with E-state index in [1.54, 1.807) is 0 Å². The first-order chi connectivity index (χ1) is 12.7. The highest BCUT2D eigenvalue weighted by Gasteiger charge is 2.13. The number of amides is 1. The normalized spacial score (nSPS) is 13.8. The van der Waals surface area contributed by atoms with Crippen LogP contribution in [0.2, 0.25) is 0 Å². The summed E-state index contributed by atoms with van der Waals surface area (Å²) < 4.78 is 0. The first-order valence-electron chi connectivity index (χ1n) is 9.79. The molecule has 1 amide bonds. The summed E-state index contributed by atoms with van der Waals surface area (Å²) in [4.78, 5) is 19.0. The lowest BCUT2D eigenvalue weighted by atomic mass is 10.0. The lowest BCUT2D eigenvalue weighted by Crippen LogP contribution is -2.25. The molecule has 1 fully saturated rings. The maximum absolute atomic E-state index is 12.2. The Balaban J connectivity index is 1.44. The monoisotopic (exact) mass is 351 g/mol. The molecule has 1 aromatic carbocycles. The van der Waals surface area contributed by atoms with E-state index in [1.807, 2.05) is 6.20 Å². The first kappa shape index (κ1) is 18.4. The summed E-state index contributed by atoms with van der Waals surface area (Å²) in [6, 6.07) is 12.5. The van der Waals surface area contributed by atoms with Gasteiger partial charge in [0.1, 0.15) is 5.82 Å². The van der Waals surface area contributed by atoms with Crippen LogP contribution in [-0.2, 0) is 24.2 Å². The van der Waals surface area contributed by atoms with Gasteiger partial charge in [0.05, 0.1) is 6.42 Å². The number of nitrogens with zero attached hydrogens (tertiary/aromatic N) is 2. The van der Waals surface area contributed by atoms with Crippen molar-refractivity contribution in [1.29, 1.82) is 0 Å². The van der Waals surface area contributed by atoms with E-state index in [0.29, 0.717) is 13.0 Å². The first-order valence-corrected chi connectivity index (χ1v) is 9.79. The Bertz CT molecular complexity index is 688. The predicted octanol–water partition coefficient (Wildman–Crippen LogP) is 3.88. The van der Waals surface area contributed by atoms with Crippen molar-refractivity contribution in [2.75, 3.05) is 18.0 Å². The summed E-state index contributed by atoms with van der Waals surface area (Å²) in [6.45, 7) is 4.93. The molecule has 0 atom stereocenters. The van der Waals surface area contributed by atoms with Gasteiger partial charge in [-0.25, -0.2) is 4.98 Å². The van der Waals surface area contributed by atoms with E-state index in [-0.39, 0.29) is 5.91 Å². The topological polar surface area (TPSA) is 45.2 Å². The van der Waals surface area contributed by atoms with Crippen LogP contribution in [0.4, 0.5) is 5.82 Å². The van der Waals surface area contributed by atoms with E-state index in [1.165, 1.54) is 31.2 Å². The van der Waals surface area contributed by atoms with Gasteiger partial charge in [-0.1, -0.05) is 43.7 Å². The second-order valence-corrected chi connectivity index (χ2v) is 7.09. The highest BCUT2D eigenvalue weighted by molar-refractivity contribution is 5.78. The molecule has 1 aliphatic heterocycles. The lowest BCUT2D eigenvalue weighted by Gasteiger charge is -2.16. The number of aromatic nitrogens is 1. The third kappa shape index (κ3) is 5.32. The molecule has 0 radical (unpaired) electrons. The number of rotatable bonds is 8. The molecule has 4 heteroatoms. The molecule has 3 rings (SSSR count). The van der Waals surface area contributed by atoms with Gasteiger partial charge in [0.15, 0.2) is 0 Å². The van der Waals surface area contributed by atoms with Gasteiger partial charge in [-0.15, -0.1) is 0 Å². The Labute approximate surface area is 156 Å². The fourth-order valence-electron chi connectivity index (χ4n) is 3.31. The van der Waals surface area contributed by atoms with Gasteiger partial charge in [-0.05, 0) is 48.4 Å². The van der Waals surface area contributed by atoms with Crippen LogP contribution in [0, 0.1) is 0 Å². The second-order valence-electron chi connectivity index (χ2n) is 7.09. The minimum Gasteiger partial charge on any atom is -0.357 e. The molecule has 2 heterocycles. The van der Waals surface area contributed by atoms with Gasteiger partial charge >= 0.3 is 0 Å². The average Bonchev–Trinajstić information content (AvgIpc) is 3.21. The van der Waals surface area contributed by atoms with Crippen molar-refractivity contribution in [1.82, 2.24) is 10.3 Å². The molecule has 1 saturated heterocycles. The van der Waals surface area contributed by atoms with E-state index in [9.17, 15) is 4.79 Å². The molecule has 0 bridgehead atoms. The number of aryl methyl sites for hydroxylation is 1. The number of hydrogen-bond acceptors (Lipinski definition) is 3. The van der Waals surface area contributed by atoms with Gasteiger partial charge in [0.25, 0.3) is 0 Å². The lowest BCUT2D eigenvalue weighted by molar-refractivity contribution is -0.120. The van der Waals surface area contributed by atoms with Crippen LogP contribution in [-0.4, -0.2) is 24.0 Å². The Morgan fingerprint density at radius 1 is 1.04 bits per heavy atom. The molecule has 1 aromatic heterocycles. The zero-order valence-corrected chi connectivity index (χ0v) is 15.7. The average molecular weight is 351 g/mol. The summed E-state index contributed by atoms with van der Waals surface area (Å²) in [5, 5.41) is 2.99. The smallest absolute Gasteiger partial charge is 0.224 e. The maximum Gasteiger partial charge on any atom is 0.224 e. The van der Waals surface area contributed by atoms with E-state index < -0.39 is 0 Å². The maximum atomic E-state index is 12.2. The number of carbonyl (C=O) groups excluding carboxylic acids is 1. The fourth-order valence-corrected chi connectivity index (χ4v) is 3.31. The molecule has 0 saturated carbocycles. The Hall–Kier alpha value is -2.36. The van der Waals surface area contributed by atoms with Crippen LogP contribution in [0.3, 0.4) is 0 Å². The molecular formula is C22H29N3O. The standard InChI is InChI=1S/C22H29N3O/c1-2-3-6-18-7-9-19(10-8-18)15-22(26)24-17-20-11-12-21(23-16-20)25-13-4-5-14-25/h7-12,16H,2-6,13-15,17H2,1H3,(H,24,26). The van der Waals surface area contributed by atoms with Gasteiger partial charge in [0.2, 0.25) is 5.91 Å². The molecule has 4 nitrogen and oxygen atoms in total. The van der Waals surface area contributed by atoms with Gasteiger partial charge in [-0.3, -0.25) is 4.79 Å². The van der Waals surface area contributed by atoms with Crippen molar-refractivity contribution >= 4 is 11.7 Å². The SMILES string of the molecule is CCCCc1ccc(CC(=O)NCc2ccc(N3CCCC3)nc2)cc1. The summed E-state index contributed by atoms with van der Waals surface area (Å²) in [6.07, 6.45) is 8.33. The molecule has 1 N–H and O–H groups in total. The van der Waals surface area contributed by atoms with E-state index >= 15 is 0 Å².